The van der Waals surface area contributed by atoms with Crippen molar-refractivity contribution in [3.05, 3.63) is 0 Å². The molecule has 0 spiro atoms. The standard InChI is InChI=1S/C11H22BrN/c1-10-6-3-4-7-11(10)13(2)9-5-8-12/h10-11H,3-9H2,1-2H3. The quantitative estimate of drug-likeness (QED) is 0.690. The van der Waals surface area contributed by atoms with Crippen molar-refractivity contribution in [2.45, 2.75) is 45.1 Å². The van der Waals surface area contributed by atoms with Crippen LogP contribution >= 0.6 is 15.9 Å². The second-order valence-corrected chi connectivity index (χ2v) is 5.15. The summed E-state index contributed by atoms with van der Waals surface area (Å²) in [5, 5.41) is 1.14. The summed E-state index contributed by atoms with van der Waals surface area (Å²) < 4.78 is 0. The highest BCUT2D eigenvalue weighted by Gasteiger charge is 2.24. The van der Waals surface area contributed by atoms with Crippen molar-refractivity contribution in [2.24, 2.45) is 5.92 Å². The van der Waals surface area contributed by atoms with E-state index in [-0.39, 0.29) is 0 Å². The molecule has 0 aromatic carbocycles. The fraction of sp³-hybridized carbons (Fsp3) is 1.00. The lowest BCUT2D eigenvalue weighted by atomic mass is 9.85. The molecule has 2 heteroatoms. The molecule has 0 amide bonds. The number of halogens is 1. The zero-order valence-corrected chi connectivity index (χ0v) is 10.5. The van der Waals surface area contributed by atoms with Gasteiger partial charge >= 0.3 is 0 Å². The Kier molecular flexibility index (Phi) is 5.34. The van der Waals surface area contributed by atoms with E-state index in [1.54, 1.807) is 0 Å². The van der Waals surface area contributed by atoms with E-state index in [9.17, 15) is 0 Å². The van der Waals surface area contributed by atoms with Crippen LogP contribution in [0.15, 0.2) is 0 Å². The summed E-state index contributed by atoms with van der Waals surface area (Å²) in [7, 11) is 2.29. The third-order valence-corrected chi connectivity index (χ3v) is 3.84. The molecular weight excluding hydrogens is 226 g/mol. The number of hydrogen-bond acceptors (Lipinski definition) is 1. The predicted octanol–water partition coefficient (Wildman–Crippen LogP) is 3.28. The molecule has 1 saturated carbocycles. The normalized spacial score (nSPS) is 29.5. The van der Waals surface area contributed by atoms with Gasteiger partial charge in [0.15, 0.2) is 0 Å². The van der Waals surface area contributed by atoms with Gasteiger partial charge in [-0.1, -0.05) is 35.7 Å². The molecule has 1 rings (SSSR count). The van der Waals surface area contributed by atoms with Crippen molar-refractivity contribution in [1.29, 1.82) is 0 Å². The second kappa shape index (κ2) is 6.02. The van der Waals surface area contributed by atoms with Crippen LogP contribution < -0.4 is 0 Å². The molecule has 1 nitrogen and oxygen atoms in total. The number of rotatable bonds is 4. The fourth-order valence-electron chi connectivity index (χ4n) is 2.43. The SMILES string of the molecule is CC1CCCCC1N(C)CCCBr. The molecule has 78 valence electrons. The topological polar surface area (TPSA) is 3.24 Å². The van der Waals surface area contributed by atoms with Gasteiger partial charge in [-0.3, -0.25) is 0 Å². The van der Waals surface area contributed by atoms with Crippen LogP contribution in [0, 0.1) is 5.92 Å². The molecule has 2 atom stereocenters. The maximum atomic E-state index is 3.49. The molecule has 1 aliphatic carbocycles. The minimum atomic E-state index is 0.854. The largest absolute Gasteiger partial charge is 0.303 e. The molecule has 0 saturated heterocycles. The van der Waals surface area contributed by atoms with Gasteiger partial charge in [-0.2, -0.15) is 0 Å². The van der Waals surface area contributed by atoms with Crippen LogP contribution in [0.25, 0.3) is 0 Å². The van der Waals surface area contributed by atoms with Crippen LogP contribution in [0.4, 0.5) is 0 Å². The Labute approximate surface area is 91.0 Å². The molecule has 0 aromatic heterocycles. The van der Waals surface area contributed by atoms with Crippen molar-refractivity contribution in [3.8, 4) is 0 Å². The maximum Gasteiger partial charge on any atom is 0.0118 e. The molecule has 0 aromatic rings. The van der Waals surface area contributed by atoms with Gasteiger partial charge in [0.2, 0.25) is 0 Å². The summed E-state index contributed by atoms with van der Waals surface area (Å²) in [6, 6.07) is 0.854. The summed E-state index contributed by atoms with van der Waals surface area (Å²) in [6.45, 7) is 3.66. The van der Waals surface area contributed by atoms with Crippen molar-refractivity contribution in [2.75, 3.05) is 18.9 Å². The van der Waals surface area contributed by atoms with Gasteiger partial charge in [0, 0.05) is 11.4 Å². The van der Waals surface area contributed by atoms with Crippen molar-refractivity contribution < 1.29 is 0 Å². The number of hydrogen-bond donors (Lipinski definition) is 0. The highest BCUT2D eigenvalue weighted by molar-refractivity contribution is 9.09. The lowest BCUT2D eigenvalue weighted by Crippen LogP contribution is -2.39. The Bertz CT molecular complexity index is 138. The summed E-state index contributed by atoms with van der Waals surface area (Å²) in [6.07, 6.45) is 7.01. The molecule has 1 fully saturated rings. The molecule has 0 aliphatic heterocycles. The highest BCUT2D eigenvalue weighted by atomic mass is 79.9. The van der Waals surface area contributed by atoms with Crippen LogP contribution in [0.2, 0.25) is 0 Å². The number of nitrogens with zero attached hydrogens (tertiary/aromatic N) is 1. The van der Waals surface area contributed by atoms with Gasteiger partial charge in [-0.25, -0.2) is 0 Å². The zero-order chi connectivity index (χ0) is 9.68. The Morgan fingerprint density at radius 1 is 1.31 bits per heavy atom. The Balaban J connectivity index is 2.30. The first-order chi connectivity index (χ1) is 6.25. The van der Waals surface area contributed by atoms with Gasteiger partial charge in [0.05, 0.1) is 0 Å². The van der Waals surface area contributed by atoms with Gasteiger partial charge in [-0.05, 0) is 38.8 Å². The van der Waals surface area contributed by atoms with Crippen LogP contribution in [0.3, 0.4) is 0 Å². The average molecular weight is 248 g/mol. The monoisotopic (exact) mass is 247 g/mol. The van der Waals surface area contributed by atoms with Crippen LogP contribution in [0.1, 0.15) is 39.0 Å². The molecule has 2 unspecified atom stereocenters. The Morgan fingerprint density at radius 2 is 2.00 bits per heavy atom. The van der Waals surface area contributed by atoms with E-state index in [1.807, 2.05) is 0 Å². The van der Waals surface area contributed by atoms with Gasteiger partial charge in [0.1, 0.15) is 0 Å². The van der Waals surface area contributed by atoms with Gasteiger partial charge < -0.3 is 4.90 Å². The van der Waals surface area contributed by atoms with Crippen molar-refractivity contribution >= 4 is 15.9 Å². The zero-order valence-electron chi connectivity index (χ0n) is 8.93. The highest BCUT2D eigenvalue weighted by Crippen LogP contribution is 2.27. The molecule has 13 heavy (non-hydrogen) atoms. The lowest BCUT2D eigenvalue weighted by molar-refractivity contribution is 0.140. The van der Waals surface area contributed by atoms with Gasteiger partial charge in [-0.15, -0.1) is 0 Å². The lowest BCUT2D eigenvalue weighted by Gasteiger charge is -2.36. The van der Waals surface area contributed by atoms with Crippen LogP contribution in [0.5, 0.6) is 0 Å². The van der Waals surface area contributed by atoms with Gasteiger partial charge in [0.25, 0.3) is 0 Å². The molecule has 0 heterocycles. The van der Waals surface area contributed by atoms with E-state index >= 15 is 0 Å². The second-order valence-electron chi connectivity index (χ2n) is 4.35. The Hall–Kier alpha value is 0.440. The first kappa shape index (κ1) is 11.5. The fourth-order valence-corrected chi connectivity index (χ4v) is 2.68. The minimum Gasteiger partial charge on any atom is -0.303 e. The van der Waals surface area contributed by atoms with E-state index in [1.165, 1.54) is 38.6 Å². The third kappa shape index (κ3) is 3.59. The third-order valence-electron chi connectivity index (χ3n) is 3.28. The molecular formula is C11H22BrN. The van der Waals surface area contributed by atoms with E-state index in [0.29, 0.717) is 0 Å². The van der Waals surface area contributed by atoms with E-state index in [2.05, 4.69) is 34.8 Å². The molecule has 0 bridgehead atoms. The summed E-state index contributed by atoms with van der Waals surface area (Å²) >= 11 is 3.49. The summed E-state index contributed by atoms with van der Waals surface area (Å²) in [4.78, 5) is 2.56. The predicted molar refractivity (Wildman–Crippen MR) is 62.5 cm³/mol. The van der Waals surface area contributed by atoms with Crippen molar-refractivity contribution in [1.82, 2.24) is 4.90 Å². The Morgan fingerprint density at radius 3 is 2.62 bits per heavy atom. The van der Waals surface area contributed by atoms with E-state index < -0.39 is 0 Å². The smallest absolute Gasteiger partial charge is 0.0118 e. The minimum absolute atomic E-state index is 0.854. The average Bonchev–Trinajstić information content (AvgIpc) is 2.15. The number of alkyl halides is 1. The van der Waals surface area contributed by atoms with Crippen LogP contribution in [-0.2, 0) is 0 Å². The van der Waals surface area contributed by atoms with Crippen molar-refractivity contribution in [3.63, 3.8) is 0 Å². The maximum absolute atomic E-state index is 3.49. The first-order valence-corrected chi connectivity index (χ1v) is 6.64. The first-order valence-electron chi connectivity index (χ1n) is 5.52. The molecule has 0 radical (unpaired) electrons. The molecule has 1 aliphatic rings. The van der Waals surface area contributed by atoms with E-state index in [4.69, 9.17) is 0 Å². The van der Waals surface area contributed by atoms with E-state index in [0.717, 1.165) is 17.3 Å². The summed E-state index contributed by atoms with van der Waals surface area (Å²) in [5.41, 5.74) is 0. The van der Waals surface area contributed by atoms with Crippen LogP contribution in [-0.4, -0.2) is 29.9 Å². The molecule has 0 N–H and O–H groups in total. The summed E-state index contributed by atoms with van der Waals surface area (Å²) in [5.74, 6) is 0.911.